The van der Waals surface area contributed by atoms with E-state index in [1.807, 2.05) is 18.2 Å². The molecule has 0 N–H and O–H groups in total. The Balaban J connectivity index is 2.27. The molecule has 2 atom stereocenters. The van der Waals surface area contributed by atoms with Crippen molar-refractivity contribution in [3.8, 4) is 0 Å². The molecule has 0 radical (unpaired) electrons. The second-order valence-electron chi connectivity index (χ2n) is 4.37. The van der Waals surface area contributed by atoms with Crippen LogP contribution in [0.5, 0.6) is 0 Å². The molecule has 0 amide bonds. The fourth-order valence-corrected chi connectivity index (χ4v) is 2.23. The van der Waals surface area contributed by atoms with E-state index in [2.05, 4.69) is 26.0 Å². The van der Waals surface area contributed by atoms with Gasteiger partial charge in [0.15, 0.2) is 0 Å². The van der Waals surface area contributed by atoms with Crippen molar-refractivity contribution >= 4 is 6.29 Å². The van der Waals surface area contributed by atoms with Gasteiger partial charge in [-0.1, -0.05) is 44.2 Å². The summed E-state index contributed by atoms with van der Waals surface area (Å²) in [4.78, 5) is 10.8. The maximum absolute atomic E-state index is 10.8. The summed E-state index contributed by atoms with van der Waals surface area (Å²) < 4.78 is 0. The molecule has 0 spiro atoms. The van der Waals surface area contributed by atoms with Crippen LogP contribution in [0.25, 0.3) is 0 Å². The van der Waals surface area contributed by atoms with E-state index >= 15 is 0 Å². The molecule has 0 saturated heterocycles. The van der Waals surface area contributed by atoms with Crippen molar-refractivity contribution in [2.24, 2.45) is 11.3 Å². The Kier molecular flexibility index (Phi) is 1.76. The van der Waals surface area contributed by atoms with E-state index < -0.39 is 0 Å². The van der Waals surface area contributed by atoms with Crippen LogP contribution in [0, 0.1) is 11.3 Å². The first-order valence-corrected chi connectivity index (χ1v) is 4.68. The van der Waals surface area contributed by atoms with Crippen molar-refractivity contribution in [1.82, 2.24) is 0 Å². The molecule has 0 heterocycles. The number of carbonyl (C=O) groups excluding carboxylic acids is 1. The normalized spacial score (nSPS) is 29.7. The molecule has 13 heavy (non-hydrogen) atoms. The predicted molar refractivity (Wildman–Crippen MR) is 52.5 cm³/mol. The molecule has 1 saturated carbocycles. The average Bonchev–Trinajstić information content (AvgIpc) is 2.69. The smallest absolute Gasteiger partial charge is 0.124 e. The van der Waals surface area contributed by atoms with Gasteiger partial charge in [0.05, 0.1) is 0 Å². The monoisotopic (exact) mass is 174 g/mol. The van der Waals surface area contributed by atoms with Gasteiger partial charge < -0.3 is 4.79 Å². The number of hydrogen-bond acceptors (Lipinski definition) is 1. The van der Waals surface area contributed by atoms with E-state index in [9.17, 15) is 4.79 Å². The van der Waals surface area contributed by atoms with Crippen molar-refractivity contribution in [3.63, 3.8) is 0 Å². The molecule has 0 aromatic heterocycles. The highest BCUT2D eigenvalue weighted by molar-refractivity contribution is 5.64. The van der Waals surface area contributed by atoms with Crippen molar-refractivity contribution < 1.29 is 4.79 Å². The van der Waals surface area contributed by atoms with E-state index in [0.29, 0.717) is 5.92 Å². The Morgan fingerprint density at radius 2 is 1.85 bits per heavy atom. The molecule has 0 aliphatic heterocycles. The van der Waals surface area contributed by atoms with Gasteiger partial charge in [0.25, 0.3) is 0 Å². The summed E-state index contributed by atoms with van der Waals surface area (Å²) in [6.45, 7) is 4.31. The minimum absolute atomic E-state index is 0.170. The Bertz CT molecular complexity index is 313. The van der Waals surface area contributed by atoms with E-state index in [4.69, 9.17) is 0 Å². The van der Waals surface area contributed by atoms with Crippen LogP contribution < -0.4 is 0 Å². The summed E-state index contributed by atoms with van der Waals surface area (Å²) in [7, 11) is 0. The number of hydrogen-bond donors (Lipinski definition) is 0. The van der Waals surface area contributed by atoms with Crippen LogP contribution in [0.2, 0.25) is 0 Å². The fraction of sp³-hybridized carbons (Fsp3) is 0.417. The third-order valence-corrected chi connectivity index (χ3v) is 3.22. The number of benzene rings is 1. The molecule has 0 unspecified atom stereocenters. The van der Waals surface area contributed by atoms with Crippen molar-refractivity contribution in [1.29, 1.82) is 0 Å². The number of carbonyl (C=O) groups is 1. The van der Waals surface area contributed by atoms with Gasteiger partial charge in [-0.25, -0.2) is 0 Å². The largest absolute Gasteiger partial charge is 0.303 e. The third-order valence-electron chi connectivity index (χ3n) is 3.22. The summed E-state index contributed by atoms with van der Waals surface area (Å²) in [6.07, 6.45) is 1.09. The second kappa shape index (κ2) is 2.69. The Morgan fingerprint density at radius 1 is 1.23 bits per heavy atom. The van der Waals surface area contributed by atoms with Crippen LogP contribution in [-0.2, 0) is 4.79 Å². The SMILES string of the molecule is CC1(C)[C@H](c2ccccc2)[C@@H]1C=O. The zero-order chi connectivity index (χ0) is 9.47. The molecule has 1 fully saturated rings. The van der Waals surface area contributed by atoms with Crippen molar-refractivity contribution in [3.05, 3.63) is 35.9 Å². The average molecular weight is 174 g/mol. The lowest BCUT2D eigenvalue weighted by Crippen LogP contribution is -1.90. The third kappa shape index (κ3) is 1.19. The summed E-state index contributed by atoms with van der Waals surface area (Å²) in [6, 6.07) is 10.3. The standard InChI is InChI=1S/C12H14O/c1-12(2)10(8-13)11(12)9-6-4-3-5-7-9/h3-8,10-11H,1-2H3/t10-,11+/m0/s1. The number of aldehydes is 1. The van der Waals surface area contributed by atoms with Crippen molar-refractivity contribution in [2.75, 3.05) is 0 Å². The summed E-state index contributed by atoms with van der Waals surface area (Å²) >= 11 is 0. The molecule has 1 nitrogen and oxygen atoms in total. The molecule has 1 aromatic carbocycles. The molecule has 1 aromatic rings. The summed E-state index contributed by atoms with van der Waals surface area (Å²) in [5.41, 5.74) is 1.47. The van der Waals surface area contributed by atoms with E-state index in [0.717, 1.165) is 6.29 Å². The topological polar surface area (TPSA) is 17.1 Å². The molecule has 1 aliphatic carbocycles. The quantitative estimate of drug-likeness (QED) is 0.630. The molecule has 68 valence electrons. The highest BCUT2D eigenvalue weighted by Gasteiger charge is 2.58. The lowest BCUT2D eigenvalue weighted by molar-refractivity contribution is -0.109. The molecule has 1 aliphatic rings. The zero-order valence-corrected chi connectivity index (χ0v) is 8.03. The highest BCUT2D eigenvalue weighted by atomic mass is 16.1. The molecular weight excluding hydrogens is 160 g/mol. The first kappa shape index (κ1) is 8.49. The zero-order valence-electron chi connectivity index (χ0n) is 8.03. The van der Waals surface area contributed by atoms with Crippen LogP contribution in [0.3, 0.4) is 0 Å². The maximum Gasteiger partial charge on any atom is 0.124 e. The first-order valence-electron chi connectivity index (χ1n) is 4.68. The second-order valence-corrected chi connectivity index (χ2v) is 4.37. The highest BCUT2D eigenvalue weighted by Crippen LogP contribution is 2.63. The predicted octanol–water partition coefficient (Wildman–Crippen LogP) is 2.63. The van der Waals surface area contributed by atoms with Crippen LogP contribution in [0.15, 0.2) is 30.3 Å². The van der Waals surface area contributed by atoms with Gasteiger partial charge in [-0.3, -0.25) is 0 Å². The van der Waals surface area contributed by atoms with Gasteiger partial charge >= 0.3 is 0 Å². The van der Waals surface area contributed by atoms with Gasteiger partial charge in [-0.15, -0.1) is 0 Å². The lowest BCUT2D eigenvalue weighted by atomic mass is 10.0. The minimum atomic E-state index is 0.170. The maximum atomic E-state index is 10.8. The van der Waals surface area contributed by atoms with E-state index in [1.165, 1.54) is 5.56 Å². The fourth-order valence-electron chi connectivity index (χ4n) is 2.23. The first-order chi connectivity index (χ1) is 6.18. The molecule has 2 rings (SSSR count). The van der Waals surface area contributed by atoms with Gasteiger partial charge in [-0.2, -0.15) is 0 Å². The van der Waals surface area contributed by atoms with Gasteiger partial charge in [0, 0.05) is 5.92 Å². The molecular formula is C12H14O. The molecule has 1 heteroatoms. The number of rotatable bonds is 2. The van der Waals surface area contributed by atoms with Crippen LogP contribution >= 0.6 is 0 Å². The van der Waals surface area contributed by atoms with Crippen LogP contribution in [0.1, 0.15) is 25.3 Å². The van der Waals surface area contributed by atoms with Crippen LogP contribution in [0.4, 0.5) is 0 Å². The van der Waals surface area contributed by atoms with E-state index in [-0.39, 0.29) is 11.3 Å². The summed E-state index contributed by atoms with van der Waals surface area (Å²) in [5.74, 6) is 0.654. The molecule has 0 bridgehead atoms. The van der Waals surface area contributed by atoms with Gasteiger partial charge in [0.1, 0.15) is 6.29 Å². The Morgan fingerprint density at radius 3 is 2.31 bits per heavy atom. The Hall–Kier alpha value is -1.11. The van der Waals surface area contributed by atoms with E-state index in [1.54, 1.807) is 0 Å². The van der Waals surface area contributed by atoms with Crippen molar-refractivity contribution in [2.45, 2.75) is 19.8 Å². The van der Waals surface area contributed by atoms with Gasteiger partial charge in [0.2, 0.25) is 0 Å². The van der Waals surface area contributed by atoms with Gasteiger partial charge in [-0.05, 0) is 16.9 Å². The Labute approximate surface area is 78.8 Å². The minimum Gasteiger partial charge on any atom is -0.303 e. The summed E-state index contributed by atoms with van der Waals surface area (Å²) in [5, 5.41) is 0. The lowest BCUT2D eigenvalue weighted by Gasteiger charge is -2.01. The van der Waals surface area contributed by atoms with Crippen LogP contribution in [-0.4, -0.2) is 6.29 Å².